The summed E-state index contributed by atoms with van der Waals surface area (Å²) in [6, 6.07) is -0.303. The van der Waals surface area contributed by atoms with E-state index in [1.54, 1.807) is 0 Å². The molecule has 19 heavy (non-hydrogen) atoms. The highest BCUT2D eigenvalue weighted by molar-refractivity contribution is 5.80. The molecule has 0 aliphatic carbocycles. The Morgan fingerprint density at radius 3 is 2.16 bits per heavy atom. The third-order valence-corrected chi connectivity index (χ3v) is 3.51. The molecular formula is C14H28N2O3. The van der Waals surface area contributed by atoms with Crippen LogP contribution < -0.4 is 5.32 Å². The van der Waals surface area contributed by atoms with E-state index in [2.05, 4.69) is 19.2 Å². The van der Waals surface area contributed by atoms with E-state index in [-0.39, 0.29) is 24.7 Å². The molecule has 112 valence electrons. The van der Waals surface area contributed by atoms with Crippen molar-refractivity contribution in [3.05, 3.63) is 0 Å². The van der Waals surface area contributed by atoms with Gasteiger partial charge in [0.2, 0.25) is 0 Å². The van der Waals surface area contributed by atoms with Crippen LogP contribution in [0, 0.1) is 5.92 Å². The van der Waals surface area contributed by atoms with Gasteiger partial charge in [-0.2, -0.15) is 0 Å². The lowest BCUT2D eigenvalue weighted by Crippen LogP contribution is -2.49. The van der Waals surface area contributed by atoms with Gasteiger partial charge in [0.15, 0.2) is 0 Å². The van der Waals surface area contributed by atoms with Crippen LogP contribution in [0.1, 0.15) is 53.9 Å². The topological polar surface area (TPSA) is 69.6 Å². The molecule has 2 N–H and O–H groups in total. The summed E-state index contributed by atoms with van der Waals surface area (Å²) in [5, 5.41) is 11.8. The fourth-order valence-electron chi connectivity index (χ4n) is 1.92. The van der Waals surface area contributed by atoms with Crippen LogP contribution in [0.15, 0.2) is 0 Å². The minimum Gasteiger partial charge on any atom is -0.480 e. The fraction of sp³-hybridized carbons (Fsp3) is 0.857. The molecule has 0 rings (SSSR count). The smallest absolute Gasteiger partial charge is 0.323 e. The number of amides is 2. The van der Waals surface area contributed by atoms with Crippen molar-refractivity contribution in [3.8, 4) is 0 Å². The van der Waals surface area contributed by atoms with Gasteiger partial charge in [0, 0.05) is 12.1 Å². The monoisotopic (exact) mass is 272 g/mol. The predicted octanol–water partition coefficient (Wildman–Crippen LogP) is 2.71. The molecule has 2 amide bonds. The van der Waals surface area contributed by atoms with Crippen molar-refractivity contribution in [1.82, 2.24) is 10.2 Å². The first-order chi connectivity index (χ1) is 8.81. The van der Waals surface area contributed by atoms with Gasteiger partial charge in [-0.1, -0.05) is 27.2 Å². The van der Waals surface area contributed by atoms with E-state index in [9.17, 15) is 9.59 Å². The van der Waals surface area contributed by atoms with Crippen LogP contribution in [0.2, 0.25) is 0 Å². The molecule has 0 bridgehead atoms. The summed E-state index contributed by atoms with van der Waals surface area (Å²) in [7, 11) is 0. The second-order valence-electron chi connectivity index (χ2n) is 5.38. The van der Waals surface area contributed by atoms with E-state index < -0.39 is 5.97 Å². The number of carboxylic acids is 1. The van der Waals surface area contributed by atoms with Gasteiger partial charge in [0.1, 0.15) is 6.54 Å². The van der Waals surface area contributed by atoms with Crippen molar-refractivity contribution in [2.24, 2.45) is 5.92 Å². The van der Waals surface area contributed by atoms with E-state index in [1.807, 2.05) is 20.8 Å². The zero-order valence-corrected chi connectivity index (χ0v) is 12.8. The minimum atomic E-state index is -0.981. The Morgan fingerprint density at radius 1 is 1.16 bits per heavy atom. The van der Waals surface area contributed by atoms with E-state index in [1.165, 1.54) is 4.90 Å². The van der Waals surface area contributed by atoms with Crippen molar-refractivity contribution in [3.63, 3.8) is 0 Å². The van der Waals surface area contributed by atoms with E-state index in [0.29, 0.717) is 5.92 Å². The lowest BCUT2D eigenvalue weighted by atomic mass is 10.0. The zero-order chi connectivity index (χ0) is 15.0. The third kappa shape index (κ3) is 7.03. The Kier molecular flexibility index (Phi) is 8.19. The Balaban J connectivity index is 4.50. The van der Waals surface area contributed by atoms with Crippen LogP contribution in [0.3, 0.4) is 0 Å². The standard InChI is InChI=1S/C14H28N2O3/c1-6-10(3)8-11(4)15-14(19)16(9-13(17)18)12(5)7-2/h10-12H,6-9H2,1-5H3,(H,15,19)(H,17,18). The van der Waals surface area contributed by atoms with Gasteiger partial charge in [0.25, 0.3) is 0 Å². The van der Waals surface area contributed by atoms with Crippen molar-refractivity contribution < 1.29 is 14.7 Å². The number of aliphatic carboxylic acids is 1. The third-order valence-electron chi connectivity index (χ3n) is 3.51. The van der Waals surface area contributed by atoms with Crippen molar-refractivity contribution in [1.29, 1.82) is 0 Å². The Morgan fingerprint density at radius 2 is 1.74 bits per heavy atom. The van der Waals surface area contributed by atoms with Crippen LogP contribution in [-0.2, 0) is 4.79 Å². The highest BCUT2D eigenvalue weighted by Crippen LogP contribution is 2.10. The second kappa shape index (κ2) is 8.77. The van der Waals surface area contributed by atoms with Crippen LogP contribution in [0.4, 0.5) is 4.79 Å². The summed E-state index contributed by atoms with van der Waals surface area (Å²) < 4.78 is 0. The van der Waals surface area contributed by atoms with E-state index in [0.717, 1.165) is 19.3 Å². The minimum absolute atomic E-state index is 0.0581. The molecule has 0 aromatic heterocycles. The number of carbonyl (C=O) groups excluding carboxylic acids is 1. The summed E-state index contributed by atoms with van der Waals surface area (Å²) in [4.78, 5) is 24.3. The summed E-state index contributed by atoms with van der Waals surface area (Å²) in [5.41, 5.74) is 0. The molecule has 0 radical (unpaired) electrons. The lowest BCUT2D eigenvalue weighted by Gasteiger charge is -2.29. The number of carbonyl (C=O) groups is 2. The lowest BCUT2D eigenvalue weighted by molar-refractivity contribution is -0.138. The number of rotatable bonds is 8. The molecule has 0 fully saturated rings. The number of urea groups is 1. The largest absolute Gasteiger partial charge is 0.480 e. The van der Waals surface area contributed by atoms with Crippen LogP contribution in [-0.4, -0.2) is 40.6 Å². The number of hydrogen-bond acceptors (Lipinski definition) is 2. The van der Waals surface area contributed by atoms with Gasteiger partial charge in [-0.3, -0.25) is 4.79 Å². The average molecular weight is 272 g/mol. The normalized spacial score (nSPS) is 15.4. The van der Waals surface area contributed by atoms with Gasteiger partial charge in [0.05, 0.1) is 0 Å². The van der Waals surface area contributed by atoms with Gasteiger partial charge < -0.3 is 15.3 Å². The van der Waals surface area contributed by atoms with Crippen molar-refractivity contribution in [2.75, 3.05) is 6.54 Å². The summed E-state index contributed by atoms with van der Waals surface area (Å²) in [5.74, 6) is -0.433. The van der Waals surface area contributed by atoms with Crippen molar-refractivity contribution >= 4 is 12.0 Å². The molecule has 0 aliphatic heterocycles. The molecule has 0 saturated heterocycles. The zero-order valence-electron chi connectivity index (χ0n) is 12.8. The quantitative estimate of drug-likeness (QED) is 0.713. The van der Waals surface area contributed by atoms with Crippen LogP contribution in [0.5, 0.6) is 0 Å². The maximum Gasteiger partial charge on any atom is 0.323 e. The van der Waals surface area contributed by atoms with Crippen LogP contribution >= 0.6 is 0 Å². The molecule has 0 aliphatic rings. The molecule has 0 aromatic carbocycles. The second-order valence-corrected chi connectivity index (χ2v) is 5.38. The molecule has 3 atom stereocenters. The average Bonchev–Trinajstić information content (AvgIpc) is 2.34. The number of hydrogen-bond donors (Lipinski definition) is 2. The van der Waals surface area contributed by atoms with Crippen LogP contribution in [0.25, 0.3) is 0 Å². The van der Waals surface area contributed by atoms with E-state index in [4.69, 9.17) is 5.11 Å². The number of nitrogens with one attached hydrogen (secondary N) is 1. The Bertz CT molecular complexity index is 294. The summed E-state index contributed by atoms with van der Waals surface area (Å²) >= 11 is 0. The SMILES string of the molecule is CCC(C)CC(C)NC(=O)N(CC(=O)O)C(C)CC. The highest BCUT2D eigenvalue weighted by Gasteiger charge is 2.22. The highest BCUT2D eigenvalue weighted by atomic mass is 16.4. The van der Waals surface area contributed by atoms with Gasteiger partial charge in [-0.15, -0.1) is 0 Å². The van der Waals surface area contributed by atoms with Gasteiger partial charge in [-0.05, 0) is 32.6 Å². The Labute approximate surface area is 116 Å². The molecule has 3 unspecified atom stereocenters. The maximum atomic E-state index is 12.1. The van der Waals surface area contributed by atoms with Crippen molar-refractivity contribution in [2.45, 2.75) is 66.0 Å². The first-order valence-corrected chi connectivity index (χ1v) is 7.10. The maximum absolute atomic E-state index is 12.1. The van der Waals surface area contributed by atoms with E-state index >= 15 is 0 Å². The number of carboxylic acid groups (broad SMARTS) is 1. The summed E-state index contributed by atoms with van der Waals surface area (Å²) in [6.45, 7) is 9.77. The molecule has 0 heterocycles. The molecular weight excluding hydrogens is 244 g/mol. The van der Waals surface area contributed by atoms with Gasteiger partial charge >= 0.3 is 12.0 Å². The molecule has 0 spiro atoms. The molecule has 5 heteroatoms. The molecule has 0 aromatic rings. The Hall–Kier alpha value is -1.26. The first kappa shape index (κ1) is 17.7. The predicted molar refractivity (Wildman–Crippen MR) is 76.2 cm³/mol. The first-order valence-electron chi connectivity index (χ1n) is 7.10. The molecule has 5 nitrogen and oxygen atoms in total. The van der Waals surface area contributed by atoms with Gasteiger partial charge in [-0.25, -0.2) is 4.79 Å². The fourth-order valence-corrected chi connectivity index (χ4v) is 1.92. The number of nitrogens with zero attached hydrogens (tertiary/aromatic N) is 1. The summed E-state index contributed by atoms with van der Waals surface area (Å²) in [6.07, 6.45) is 2.72. The molecule has 0 saturated carbocycles.